The molecule has 0 radical (unpaired) electrons. The fraction of sp³-hybridized carbons (Fsp3) is 0.417. The summed E-state index contributed by atoms with van der Waals surface area (Å²) in [5, 5.41) is 23.9. The van der Waals surface area contributed by atoms with E-state index in [1.54, 1.807) is 0 Å². The molecule has 1 atom stereocenters. The van der Waals surface area contributed by atoms with Crippen molar-refractivity contribution in [2.24, 2.45) is 0 Å². The molecule has 6 nitrogen and oxygen atoms in total. The van der Waals surface area contributed by atoms with Crippen LogP contribution in [0.2, 0.25) is 0 Å². The van der Waals surface area contributed by atoms with Crippen LogP contribution >= 0.6 is 37.3 Å². The second-order valence-electron chi connectivity index (χ2n) is 4.61. The number of aromatic hydroxyl groups is 1. The highest BCUT2D eigenvalue weighted by molar-refractivity contribution is 8.10. The second kappa shape index (κ2) is 7.79. The van der Waals surface area contributed by atoms with Crippen molar-refractivity contribution >= 4 is 47.3 Å². The summed E-state index contributed by atoms with van der Waals surface area (Å²) in [7, 11) is 0. The maximum atomic E-state index is 10.8. The van der Waals surface area contributed by atoms with E-state index in [2.05, 4.69) is 17.9 Å². The molecule has 2 rings (SSSR count). The molecule has 1 aromatic carbocycles. The van der Waals surface area contributed by atoms with Crippen molar-refractivity contribution in [1.29, 1.82) is 0 Å². The number of phenolic OH excluding ortho intramolecular Hbond substituents is 1. The van der Waals surface area contributed by atoms with E-state index in [1.165, 1.54) is 18.2 Å². The van der Waals surface area contributed by atoms with E-state index in [1.807, 2.05) is 4.90 Å². The monoisotopic (exact) mass is 349 g/mol. The van der Waals surface area contributed by atoms with Gasteiger partial charge in [-0.2, -0.15) is 0 Å². The molecule has 1 heterocycles. The summed E-state index contributed by atoms with van der Waals surface area (Å²) in [5.41, 5.74) is 0.518. The number of thiocarbonyl (C=S) groups is 1. The van der Waals surface area contributed by atoms with Gasteiger partial charge >= 0.3 is 0 Å². The van der Waals surface area contributed by atoms with Gasteiger partial charge in [-0.25, -0.2) is 0 Å². The lowest BCUT2D eigenvalue weighted by atomic mass is 10.0. The highest BCUT2D eigenvalue weighted by Crippen LogP contribution is 2.25. The van der Waals surface area contributed by atoms with Gasteiger partial charge in [-0.3, -0.25) is 10.1 Å². The molecule has 0 bridgehead atoms. The van der Waals surface area contributed by atoms with E-state index in [-0.39, 0.29) is 29.9 Å². The molecule has 1 saturated heterocycles. The minimum atomic E-state index is -0.469. The third kappa shape index (κ3) is 4.44. The SMILES string of the molecule is Cl.O=[N+]([O-])c1ccc(O)c(CC2CNCCN2C(=S)S)c1. The molecule has 1 fully saturated rings. The number of phenols is 1. The molecule has 0 saturated carbocycles. The van der Waals surface area contributed by atoms with Crippen molar-refractivity contribution in [1.82, 2.24) is 10.2 Å². The zero-order valence-electron chi connectivity index (χ0n) is 11.1. The van der Waals surface area contributed by atoms with E-state index < -0.39 is 4.92 Å². The van der Waals surface area contributed by atoms with Crippen LogP contribution in [0, 0.1) is 10.1 Å². The number of nitrogens with one attached hydrogen (secondary N) is 1. The number of nitrogens with zero attached hydrogens (tertiary/aromatic N) is 2. The van der Waals surface area contributed by atoms with Crippen molar-refractivity contribution in [3.05, 3.63) is 33.9 Å². The zero-order chi connectivity index (χ0) is 14.7. The van der Waals surface area contributed by atoms with Gasteiger partial charge < -0.3 is 15.3 Å². The van der Waals surface area contributed by atoms with Crippen molar-refractivity contribution < 1.29 is 10.0 Å². The van der Waals surface area contributed by atoms with Gasteiger partial charge in [0.15, 0.2) is 0 Å². The van der Waals surface area contributed by atoms with Crippen molar-refractivity contribution in [3.63, 3.8) is 0 Å². The molecule has 1 aromatic rings. The Morgan fingerprint density at radius 2 is 2.33 bits per heavy atom. The molecule has 1 aliphatic rings. The van der Waals surface area contributed by atoms with Crippen LogP contribution in [0.3, 0.4) is 0 Å². The van der Waals surface area contributed by atoms with Gasteiger partial charge in [0, 0.05) is 43.4 Å². The zero-order valence-corrected chi connectivity index (χ0v) is 13.6. The maximum Gasteiger partial charge on any atom is 0.269 e. The van der Waals surface area contributed by atoms with Gasteiger partial charge in [0.2, 0.25) is 0 Å². The minimum Gasteiger partial charge on any atom is -0.508 e. The maximum absolute atomic E-state index is 10.8. The van der Waals surface area contributed by atoms with Crippen molar-refractivity contribution in [3.8, 4) is 5.75 Å². The van der Waals surface area contributed by atoms with Crippen LogP contribution in [-0.2, 0) is 6.42 Å². The number of rotatable bonds is 3. The standard InChI is InChI=1S/C12H15N3O3S2.ClH/c16-11-2-1-9(15(17)18)5-8(11)6-10-7-13-3-4-14(10)12(19)20;/h1-2,5,10,13,16H,3-4,6-7H2,(H,19,20);1H. The Labute approximate surface area is 139 Å². The Balaban J connectivity index is 0.00000220. The first kappa shape index (κ1) is 18.0. The molecule has 0 spiro atoms. The minimum absolute atomic E-state index is 0. The number of benzene rings is 1. The number of hydrogen-bond donors (Lipinski definition) is 3. The highest BCUT2D eigenvalue weighted by Gasteiger charge is 2.24. The first-order valence-electron chi connectivity index (χ1n) is 6.15. The van der Waals surface area contributed by atoms with E-state index in [0.717, 1.165) is 13.1 Å². The Morgan fingerprint density at radius 3 is 2.95 bits per heavy atom. The average molecular weight is 350 g/mol. The van der Waals surface area contributed by atoms with Gasteiger partial charge in [0.1, 0.15) is 10.1 Å². The van der Waals surface area contributed by atoms with Gasteiger partial charge in [0.05, 0.1) is 4.92 Å². The molecule has 1 aliphatic heterocycles. The lowest BCUT2D eigenvalue weighted by Gasteiger charge is -2.36. The number of thiol groups is 1. The smallest absolute Gasteiger partial charge is 0.269 e. The number of hydrogen-bond acceptors (Lipinski definition) is 5. The normalized spacial score (nSPS) is 18.0. The molecular formula is C12H16ClN3O3S2. The summed E-state index contributed by atoms with van der Waals surface area (Å²) in [4.78, 5) is 12.3. The van der Waals surface area contributed by atoms with Crippen LogP contribution < -0.4 is 5.32 Å². The number of non-ortho nitro benzene ring substituents is 1. The van der Waals surface area contributed by atoms with Gasteiger partial charge in [-0.1, -0.05) is 12.2 Å². The third-order valence-corrected chi connectivity index (χ3v) is 3.82. The topological polar surface area (TPSA) is 78.6 Å². The number of piperazine rings is 1. The Morgan fingerprint density at radius 1 is 1.62 bits per heavy atom. The highest BCUT2D eigenvalue weighted by atomic mass is 35.5. The van der Waals surface area contributed by atoms with Crippen molar-refractivity contribution in [2.45, 2.75) is 12.5 Å². The predicted octanol–water partition coefficient (Wildman–Crippen LogP) is 1.75. The summed E-state index contributed by atoms with van der Waals surface area (Å²) >= 11 is 9.31. The fourth-order valence-corrected chi connectivity index (χ4v) is 2.80. The molecule has 0 aliphatic carbocycles. The second-order valence-corrected chi connectivity index (χ2v) is 5.72. The van der Waals surface area contributed by atoms with Gasteiger partial charge in [-0.05, 0) is 12.5 Å². The first-order valence-corrected chi connectivity index (χ1v) is 7.01. The summed E-state index contributed by atoms with van der Waals surface area (Å²) in [6, 6.07) is 4.08. The lowest BCUT2D eigenvalue weighted by Crippen LogP contribution is -2.53. The van der Waals surface area contributed by atoms with Crippen LogP contribution in [0.1, 0.15) is 5.56 Å². The van der Waals surface area contributed by atoms with E-state index in [0.29, 0.717) is 22.8 Å². The van der Waals surface area contributed by atoms with Crippen molar-refractivity contribution in [2.75, 3.05) is 19.6 Å². The van der Waals surface area contributed by atoms with Gasteiger partial charge in [0.25, 0.3) is 5.69 Å². The third-order valence-electron chi connectivity index (χ3n) is 3.33. The first-order chi connectivity index (χ1) is 9.49. The fourth-order valence-electron chi connectivity index (χ4n) is 2.30. The lowest BCUT2D eigenvalue weighted by molar-refractivity contribution is -0.384. The van der Waals surface area contributed by atoms with Crippen LogP contribution in [0.5, 0.6) is 5.75 Å². The van der Waals surface area contributed by atoms with E-state index in [9.17, 15) is 15.2 Å². The molecule has 0 aromatic heterocycles. The molecular weight excluding hydrogens is 334 g/mol. The van der Waals surface area contributed by atoms with Crippen LogP contribution in [0.4, 0.5) is 5.69 Å². The Kier molecular flexibility index (Phi) is 6.66. The van der Waals surface area contributed by atoms with Crippen LogP contribution in [0.25, 0.3) is 0 Å². The summed E-state index contributed by atoms with van der Waals surface area (Å²) < 4.78 is 0.501. The summed E-state index contributed by atoms with van der Waals surface area (Å²) in [5.74, 6) is 0.0613. The Hall–Kier alpha value is -1.09. The summed E-state index contributed by atoms with van der Waals surface area (Å²) in [6.45, 7) is 2.25. The molecule has 9 heteroatoms. The van der Waals surface area contributed by atoms with E-state index in [4.69, 9.17) is 12.2 Å². The molecule has 2 N–H and O–H groups in total. The largest absolute Gasteiger partial charge is 0.508 e. The predicted molar refractivity (Wildman–Crippen MR) is 90.7 cm³/mol. The summed E-state index contributed by atoms with van der Waals surface area (Å²) in [6.07, 6.45) is 0.473. The van der Waals surface area contributed by atoms with Crippen LogP contribution in [-0.4, -0.2) is 44.9 Å². The average Bonchev–Trinajstić information content (AvgIpc) is 2.41. The molecule has 116 valence electrons. The number of nitro groups is 1. The molecule has 1 unspecified atom stereocenters. The van der Waals surface area contributed by atoms with Crippen LogP contribution in [0.15, 0.2) is 18.2 Å². The number of halogens is 1. The quantitative estimate of drug-likeness (QED) is 0.334. The number of nitro benzene ring substituents is 1. The van der Waals surface area contributed by atoms with E-state index >= 15 is 0 Å². The van der Waals surface area contributed by atoms with Gasteiger partial charge in [-0.15, -0.1) is 25.0 Å². The Bertz CT molecular complexity index is 544. The molecule has 0 amide bonds. The molecule has 21 heavy (non-hydrogen) atoms.